The van der Waals surface area contributed by atoms with Crippen molar-refractivity contribution in [2.45, 2.75) is 32.4 Å². The second-order valence-electron chi connectivity index (χ2n) is 7.50. The number of benzene rings is 2. The third-order valence-corrected chi connectivity index (χ3v) is 5.45. The molecule has 1 amide bonds. The van der Waals surface area contributed by atoms with E-state index in [0.717, 1.165) is 59.2 Å². The summed E-state index contributed by atoms with van der Waals surface area (Å²) in [4.78, 5) is 17.4. The number of hydrogen-bond acceptors (Lipinski definition) is 3. The number of H-pyrrole nitrogens is 1. The zero-order valence-electron chi connectivity index (χ0n) is 15.5. The van der Waals surface area contributed by atoms with Crippen LogP contribution in [-0.4, -0.2) is 40.1 Å². The van der Waals surface area contributed by atoms with E-state index in [1.165, 1.54) is 0 Å². The fourth-order valence-corrected chi connectivity index (χ4v) is 4.08. The second kappa shape index (κ2) is 7.18. The molecule has 0 unspecified atom stereocenters. The average molecular weight is 363 g/mol. The largest absolute Gasteiger partial charge is 0.395 e. The minimum absolute atomic E-state index is 0.222. The van der Waals surface area contributed by atoms with Gasteiger partial charge in [-0.2, -0.15) is 0 Å². The molecule has 2 heterocycles. The molecule has 0 bridgehead atoms. The molecule has 1 atom stereocenters. The molecule has 1 aliphatic rings. The SMILES string of the molecule is Cc1cc(C(N)=O)cc(-c2ccc3[nH]c(CN4CCC[C@@H]4CO)cc3c2)c1. The Morgan fingerprint density at radius 3 is 2.85 bits per heavy atom. The Bertz CT molecular complexity index is 992. The van der Waals surface area contributed by atoms with Crippen molar-refractivity contribution < 1.29 is 9.90 Å². The number of fused-ring (bicyclic) bond motifs is 1. The predicted octanol–water partition coefficient (Wildman–Crippen LogP) is 3.20. The van der Waals surface area contributed by atoms with Gasteiger partial charge >= 0.3 is 0 Å². The van der Waals surface area contributed by atoms with Crippen molar-refractivity contribution in [2.75, 3.05) is 13.2 Å². The van der Waals surface area contributed by atoms with Crippen LogP contribution in [0.15, 0.2) is 42.5 Å². The van der Waals surface area contributed by atoms with E-state index in [-0.39, 0.29) is 12.6 Å². The molecule has 1 aliphatic heterocycles. The molecule has 27 heavy (non-hydrogen) atoms. The highest BCUT2D eigenvalue weighted by Gasteiger charge is 2.24. The number of carbonyl (C=O) groups excluding carboxylic acids is 1. The molecule has 5 heteroatoms. The highest BCUT2D eigenvalue weighted by atomic mass is 16.3. The highest BCUT2D eigenvalue weighted by molar-refractivity contribution is 5.95. The van der Waals surface area contributed by atoms with Gasteiger partial charge in [0.25, 0.3) is 0 Å². The van der Waals surface area contributed by atoms with Crippen LogP contribution in [0.2, 0.25) is 0 Å². The molecular formula is C22H25N3O2. The first-order valence-corrected chi connectivity index (χ1v) is 9.42. The number of likely N-dealkylation sites (tertiary alicyclic amines) is 1. The van der Waals surface area contributed by atoms with Crippen LogP contribution in [-0.2, 0) is 6.54 Å². The lowest BCUT2D eigenvalue weighted by molar-refractivity contribution is 0.1000. The van der Waals surface area contributed by atoms with Gasteiger partial charge in [0.15, 0.2) is 0 Å². The molecule has 4 rings (SSSR count). The van der Waals surface area contributed by atoms with Gasteiger partial charge in [0.2, 0.25) is 5.91 Å². The van der Waals surface area contributed by atoms with Crippen molar-refractivity contribution in [1.82, 2.24) is 9.88 Å². The molecule has 1 saturated heterocycles. The molecular weight excluding hydrogens is 338 g/mol. The summed E-state index contributed by atoms with van der Waals surface area (Å²) in [6.07, 6.45) is 2.21. The van der Waals surface area contributed by atoms with Gasteiger partial charge in [0, 0.05) is 34.7 Å². The van der Waals surface area contributed by atoms with Gasteiger partial charge < -0.3 is 15.8 Å². The molecule has 0 saturated carbocycles. The zero-order chi connectivity index (χ0) is 19.0. The lowest BCUT2D eigenvalue weighted by Crippen LogP contribution is -2.31. The normalized spacial score (nSPS) is 17.6. The van der Waals surface area contributed by atoms with E-state index >= 15 is 0 Å². The fourth-order valence-electron chi connectivity index (χ4n) is 4.08. The maximum absolute atomic E-state index is 11.6. The van der Waals surface area contributed by atoms with E-state index in [1.54, 1.807) is 0 Å². The van der Waals surface area contributed by atoms with Crippen LogP contribution in [0, 0.1) is 6.92 Å². The Balaban J connectivity index is 1.64. The summed E-state index contributed by atoms with van der Waals surface area (Å²) in [7, 11) is 0. The van der Waals surface area contributed by atoms with Crippen LogP contribution in [0.5, 0.6) is 0 Å². The van der Waals surface area contributed by atoms with E-state index in [2.05, 4.69) is 40.2 Å². The maximum atomic E-state index is 11.6. The molecule has 0 spiro atoms. The predicted molar refractivity (Wildman–Crippen MR) is 108 cm³/mol. The number of nitrogens with one attached hydrogen (secondary N) is 1. The number of carbonyl (C=O) groups is 1. The van der Waals surface area contributed by atoms with Crippen LogP contribution in [0.25, 0.3) is 22.0 Å². The topological polar surface area (TPSA) is 82.4 Å². The van der Waals surface area contributed by atoms with Crippen molar-refractivity contribution in [3.05, 3.63) is 59.3 Å². The third-order valence-electron chi connectivity index (χ3n) is 5.45. The number of nitrogens with two attached hydrogens (primary N) is 1. The smallest absolute Gasteiger partial charge is 0.248 e. The average Bonchev–Trinajstić information content (AvgIpc) is 3.26. The number of aliphatic hydroxyl groups is 1. The molecule has 3 aromatic rings. The Labute approximate surface area is 158 Å². The molecule has 5 nitrogen and oxygen atoms in total. The van der Waals surface area contributed by atoms with Gasteiger partial charge in [-0.15, -0.1) is 0 Å². The first-order chi connectivity index (χ1) is 13.0. The van der Waals surface area contributed by atoms with Crippen LogP contribution in [0.4, 0.5) is 0 Å². The third kappa shape index (κ3) is 3.61. The van der Waals surface area contributed by atoms with E-state index < -0.39 is 5.91 Å². The van der Waals surface area contributed by atoms with Crippen molar-refractivity contribution >= 4 is 16.8 Å². The number of aromatic nitrogens is 1. The highest BCUT2D eigenvalue weighted by Crippen LogP contribution is 2.28. The lowest BCUT2D eigenvalue weighted by Gasteiger charge is -2.21. The van der Waals surface area contributed by atoms with Crippen molar-refractivity contribution in [1.29, 1.82) is 0 Å². The summed E-state index contributed by atoms with van der Waals surface area (Å²) in [5, 5.41) is 10.7. The molecule has 0 radical (unpaired) electrons. The quantitative estimate of drug-likeness (QED) is 0.651. The number of aromatic amines is 1. The summed E-state index contributed by atoms with van der Waals surface area (Å²) >= 11 is 0. The van der Waals surface area contributed by atoms with Gasteiger partial charge in [-0.3, -0.25) is 9.69 Å². The van der Waals surface area contributed by atoms with Crippen LogP contribution in [0.1, 0.15) is 34.5 Å². The second-order valence-corrected chi connectivity index (χ2v) is 7.50. The van der Waals surface area contributed by atoms with Gasteiger partial charge in [-0.05, 0) is 73.3 Å². The standard InChI is InChI=1S/C22H25N3O2/c1-14-7-16(10-18(8-14)22(23)27)15-4-5-21-17(9-15)11-19(24-21)12-25-6-2-3-20(25)13-26/h4-5,7-11,20,24,26H,2-3,6,12-13H2,1H3,(H2,23,27)/t20-/m1/s1. The van der Waals surface area contributed by atoms with Gasteiger partial charge in [0.05, 0.1) is 6.61 Å². The maximum Gasteiger partial charge on any atom is 0.248 e. The molecule has 1 fully saturated rings. The Morgan fingerprint density at radius 1 is 1.22 bits per heavy atom. The summed E-state index contributed by atoms with van der Waals surface area (Å²) < 4.78 is 0. The first kappa shape index (κ1) is 17.8. The van der Waals surface area contributed by atoms with E-state index in [9.17, 15) is 9.90 Å². The monoisotopic (exact) mass is 363 g/mol. The number of hydrogen-bond donors (Lipinski definition) is 3. The zero-order valence-corrected chi connectivity index (χ0v) is 15.5. The number of nitrogens with zero attached hydrogens (tertiary/aromatic N) is 1. The fraction of sp³-hybridized carbons (Fsp3) is 0.318. The Hall–Kier alpha value is -2.63. The van der Waals surface area contributed by atoms with Crippen molar-refractivity contribution in [3.8, 4) is 11.1 Å². The first-order valence-electron chi connectivity index (χ1n) is 9.42. The van der Waals surface area contributed by atoms with Gasteiger partial charge in [-0.25, -0.2) is 0 Å². The van der Waals surface area contributed by atoms with Crippen LogP contribution >= 0.6 is 0 Å². The molecule has 1 aromatic heterocycles. The summed E-state index contributed by atoms with van der Waals surface area (Å²) in [6, 6.07) is 14.5. The molecule has 0 aliphatic carbocycles. The van der Waals surface area contributed by atoms with Crippen LogP contribution in [0.3, 0.4) is 0 Å². The minimum Gasteiger partial charge on any atom is -0.395 e. The van der Waals surface area contributed by atoms with Crippen molar-refractivity contribution in [3.63, 3.8) is 0 Å². The summed E-state index contributed by atoms with van der Waals surface area (Å²) in [5.41, 5.74) is 11.3. The number of amides is 1. The van der Waals surface area contributed by atoms with E-state index in [0.29, 0.717) is 5.56 Å². The van der Waals surface area contributed by atoms with E-state index in [1.807, 2.05) is 19.1 Å². The summed E-state index contributed by atoms with van der Waals surface area (Å²) in [6.45, 7) is 4.05. The molecule has 140 valence electrons. The molecule has 4 N–H and O–H groups in total. The number of rotatable bonds is 5. The Morgan fingerprint density at radius 2 is 2.07 bits per heavy atom. The molecule has 2 aromatic carbocycles. The van der Waals surface area contributed by atoms with Crippen molar-refractivity contribution in [2.24, 2.45) is 5.73 Å². The van der Waals surface area contributed by atoms with Crippen LogP contribution < -0.4 is 5.73 Å². The van der Waals surface area contributed by atoms with E-state index in [4.69, 9.17) is 5.73 Å². The number of primary amides is 1. The minimum atomic E-state index is -0.408. The van der Waals surface area contributed by atoms with Gasteiger partial charge in [-0.1, -0.05) is 12.1 Å². The lowest BCUT2D eigenvalue weighted by atomic mass is 9.99. The number of aliphatic hydroxyl groups excluding tert-OH is 1. The van der Waals surface area contributed by atoms with Gasteiger partial charge in [0.1, 0.15) is 0 Å². The number of aryl methyl sites for hydroxylation is 1. The summed E-state index contributed by atoms with van der Waals surface area (Å²) in [5.74, 6) is -0.408. The Kier molecular flexibility index (Phi) is 4.72.